The van der Waals surface area contributed by atoms with Crippen LogP contribution in [0.4, 0.5) is 5.82 Å². The second kappa shape index (κ2) is 4.60. The molecular weight excluding hydrogens is 248 g/mol. The van der Waals surface area contributed by atoms with Crippen LogP contribution in [0.15, 0.2) is 24.4 Å². The van der Waals surface area contributed by atoms with E-state index >= 15 is 0 Å². The molecule has 1 atom stereocenters. The van der Waals surface area contributed by atoms with Crippen molar-refractivity contribution in [3.8, 4) is 0 Å². The minimum Gasteiger partial charge on any atom is -0.392 e. The van der Waals surface area contributed by atoms with Crippen molar-refractivity contribution in [2.45, 2.75) is 19.1 Å². The van der Waals surface area contributed by atoms with Gasteiger partial charge in [-0.3, -0.25) is 4.90 Å². The van der Waals surface area contributed by atoms with Crippen LogP contribution in [0, 0.1) is 10.1 Å². The average molecular weight is 262 g/mol. The van der Waals surface area contributed by atoms with Crippen molar-refractivity contribution in [1.29, 1.82) is 0 Å². The van der Waals surface area contributed by atoms with Crippen molar-refractivity contribution >= 4 is 11.5 Å². The van der Waals surface area contributed by atoms with Crippen LogP contribution in [0.5, 0.6) is 0 Å². The molecule has 7 heteroatoms. The van der Waals surface area contributed by atoms with Crippen LogP contribution in [0.2, 0.25) is 0 Å². The number of imidazole rings is 1. The Morgan fingerprint density at radius 3 is 3.05 bits per heavy atom. The number of fused-ring (bicyclic) bond motifs is 1. The molecule has 3 rings (SSSR count). The molecule has 2 aromatic heterocycles. The number of hydrogen-bond donors (Lipinski definition) is 1. The lowest BCUT2D eigenvalue weighted by atomic mass is 10.3. The van der Waals surface area contributed by atoms with E-state index in [-0.39, 0.29) is 11.9 Å². The van der Waals surface area contributed by atoms with Gasteiger partial charge in [-0.2, -0.15) is 4.40 Å². The summed E-state index contributed by atoms with van der Waals surface area (Å²) in [4.78, 5) is 17.1. The topological polar surface area (TPSA) is 83.9 Å². The van der Waals surface area contributed by atoms with Gasteiger partial charge in [-0.25, -0.2) is 4.98 Å². The molecule has 19 heavy (non-hydrogen) atoms. The molecule has 0 amide bonds. The lowest BCUT2D eigenvalue weighted by Crippen LogP contribution is -2.22. The molecule has 1 saturated heterocycles. The minimum absolute atomic E-state index is 0.0111. The van der Waals surface area contributed by atoms with Gasteiger partial charge in [0.2, 0.25) is 5.65 Å². The van der Waals surface area contributed by atoms with Gasteiger partial charge < -0.3 is 15.2 Å². The Labute approximate surface area is 109 Å². The predicted molar refractivity (Wildman–Crippen MR) is 67.7 cm³/mol. The Morgan fingerprint density at radius 2 is 2.37 bits per heavy atom. The van der Waals surface area contributed by atoms with Gasteiger partial charge in [0, 0.05) is 25.7 Å². The number of β-amino-alcohol motifs (C(OH)–C–C–N with tert-alkyl or cyclic N) is 1. The zero-order valence-corrected chi connectivity index (χ0v) is 10.3. The molecule has 0 saturated carbocycles. The van der Waals surface area contributed by atoms with Crippen molar-refractivity contribution in [1.82, 2.24) is 14.3 Å². The lowest BCUT2D eigenvalue weighted by molar-refractivity contribution is -0.391. The summed E-state index contributed by atoms with van der Waals surface area (Å²) in [6.07, 6.45) is 2.01. The Hall–Kier alpha value is -1.99. The van der Waals surface area contributed by atoms with E-state index < -0.39 is 4.92 Å². The SMILES string of the molecule is O=[N+]([O-])c1c(CN2CC[C@H](O)C2)nc2ccccn12. The lowest BCUT2D eigenvalue weighted by Gasteiger charge is -2.12. The second-order valence-electron chi connectivity index (χ2n) is 4.75. The molecule has 0 unspecified atom stereocenters. The fourth-order valence-corrected chi connectivity index (χ4v) is 2.50. The van der Waals surface area contributed by atoms with E-state index in [1.54, 1.807) is 24.4 Å². The molecule has 0 aliphatic carbocycles. The molecule has 1 N–H and O–H groups in total. The molecule has 7 nitrogen and oxygen atoms in total. The Balaban J connectivity index is 1.98. The third kappa shape index (κ3) is 2.18. The highest BCUT2D eigenvalue weighted by atomic mass is 16.6. The molecule has 1 aliphatic rings. The zero-order valence-electron chi connectivity index (χ0n) is 10.3. The third-order valence-electron chi connectivity index (χ3n) is 3.37. The van der Waals surface area contributed by atoms with E-state index in [4.69, 9.17) is 0 Å². The highest BCUT2D eigenvalue weighted by Gasteiger charge is 2.27. The van der Waals surface area contributed by atoms with Crippen LogP contribution in [-0.2, 0) is 6.54 Å². The number of pyridine rings is 1. The van der Waals surface area contributed by atoms with E-state index in [9.17, 15) is 15.2 Å². The van der Waals surface area contributed by atoms with Crippen LogP contribution in [0.25, 0.3) is 5.65 Å². The normalized spacial score (nSPS) is 20.2. The molecule has 0 spiro atoms. The van der Waals surface area contributed by atoms with Crippen molar-refractivity contribution in [3.63, 3.8) is 0 Å². The van der Waals surface area contributed by atoms with Crippen molar-refractivity contribution in [2.75, 3.05) is 13.1 Å². The summed E-state index contributed by atoms with van der Waals surface area (Å²) < 4.78 is 1.49. The van der Waals surface area contributed by atoms with Gasteiger partial charge >= 0.3 is 5.82 Å². The summed E-state index contributed by atoms with van der Waals surface area (Å²) in [6, 6.07) is 5.29. The second-order valence-corrected chi connectivity index (χ2v) is 4.75. The average Bonchev–Trinajstić information content (AvgIpc) is 2.92. The number of aliphatic hydroxyl groups excluding tert-OH is 1. The van der Waals surface area contributed by atoms with Crippen LogP contribution >= 0.6 is 0 Å². The fraction of sp³-hybridized carbons (Fsp3) is 0.417. The Bertz CT molecular complexity index is 624. The maximum absolute atomic E-state index is 11.2. The van der Waals surface area contributed by atoms with Crippen LogP contribution in [0.3, 0.4) is 0 Å². The highest BCUT2D eigenvalue weighted by Crippen LogP contribution is 2.23. The Morgan fingerprint density at radius 1 is 1.53 bits per heavy atom. The first-order chi connectivity index (χ1) is 9.15. The number of likely N-dealkylation sites (tertiary alicyclic amines) is 1. The smallest absolute Gasteiger partial charge is 0.352 e. The molecule has 0 aromatic carbocycles. The highest BCUT2D eigenvalue weighted by molar-refractivity contribution is 5.48. The first kappa shape index (κ1) is 12.1. The number of nitro groups is 1. The van der Waals surface area contributed by atoms with Crippen LogP contribution < -0.4 is 0 Å². The first-order valence-corrected chi connectivity index (χ1v) is 6.16. The first-order valence-electron chi connectivity index (χ1n) is 6.16. The molecule has 1 aliphatic heterocycles. The van der Waals surface area contributed by atoms with Gasteiger partial charge in [0.15, 0.2) is 5.69 Å². The summed E-state index contributed by atoms with van der Waals surface area (Å²) in [6.45, 7) is 1.69. The Kier molecular flexibility index (Phi) is 2.92. The van der Waals surface area contributed by atoms with Gasteiger partial charge in [0.05, 0.1) is 12.3 Å². The monoisotopic (exact) mass is 262 g/mol. The maximum atomic E-state index is 11.2. The molecule has 3 heterocycles. The molecule has 0 radical (unpaired) electrons. The van der Waals surface area contributed by atoms with E-state index in [1.807, 2.05) is 4.90 Å². The quantitative estimate of drug-likeness (QED) is 0.653. The van der Waals surface area contributed by atoms with Gasteiger partial charge in [0.1, 0.15) is 0 Å². The van der Waals surface area contributed by atoms with E-state index in [0.717, 1.165) is 6.54 Å². The van der Waals surface area contributed by atoms with Crippen molar-refractivity contribution in [2.24, 2.45) is 0 Å². The van der Waals surface area contributed by atoms with E-state index in [0.29, 0.717) is 30.9 Å². The third-order valence-corrected chi connectivity index (χ3v) is 3.37. The summed E-state index contributed by atoms with van der Waals surface area (Å²) in [5.74, 6) is 0.0111. The van der Waals surface area contributed by atoms with Gasteiger partial charge in [-0.1, -0.05) is 6.07 Å². The van der Waals surface area contributed by atoms with Crippen molar-refractivity contribution in [3.05, 3.63) is 40.2 Å². The fourth-order valence-electron chi connectivity index (χ4n) is 2.50. The number of aromatic nitrogens is 2. The minimum atomic E-state index is -0.401. The molecule has 100 valence electrons. The number of nitrogens with zero attached hydrogens (tertiary/aromatic N) is 4. The molecule has 1 fully saturated rings. The van der Waals surface area contributed by atoms with Gasteiger partial charge in [-0.15, -0.1) is 0 Å². The van der Waals surface area contributed by atoms with Crippen LogP contribution in [0.1, 0.15) is 12.1 Å². The summed E-state index contributed by atoms with van der Waals surface area (Å²) in [5, 5.41) is 20.7. The maximum Gasteiger partial charge on any atom is 0.352 e. The number of rotatable bonds is 3. The molecule has 0 bridgehead atoms. The molecule has 2 aromatic rings. The summed E-state index contributed by atoms with van der Waals surface area (Å²) in [7, 11) is 0. The van der Waals surface area contributed by atoms with E-state index in [1.165, 1.54) is 4.40 Å². The zero-order chi connectivity index (χ0) is 13.4. The van der Waals surface area contributed by atoms with Gasteiger partial charge in [-0.05, 0) is 17.4 Å². The largest absolute Gasteiger partial charge is 0.392 e. The summed E-state index contributed by atoms with van der Waals surface area (Å²) in [5.41, 5.74) is 1.02. The van der Waals surface area contributed by atoms with Crippen molar-refractivity contribution < 1.29 is 10.0 Å². The predicted octanol–water partition coefficient (Wildman–Crippen LogP) is 0.809. The number of aliphatic hydroxyl groups is 1. The van der Waals surface area contributed by atoms with Crippen LogP contribution in [-0.4, -0.2) is 43.5 Å². The summed E-state index contributed by atoms with van der Waals surface area (Å²) >= 11 is 0. The number of hydrogen-bond acceptors (Lipinski definition) is 5. The van der Waals surface area contributed by atoms with E-state index in [2.05, 4.69) is 4.98 Å². The van der Waals surface area contributed by atoms with Gasteiger partial charge in [0.25, 0.3) is 0 Å². The standard InChI is InChI=1S/C12H14N4O3/c17-9-4-6-14(7-9)8-10-12(16(18)19)15-5-2-1-3-11(15)13-10/h1-3,5,9,17H,4,6-8H2/t9-/m0/s1. The molecular formula is C12H14N4O3.